The molecule has 1 heterocycles. The minimum absolute atomic E-state index is 0.176. The Kier molecular flexibility index (Phi) is 4.55. The summed E-state index contributed by atoms with van der Waals surface area (Å²) in [7, 11) is 0. The Morgan fingerprint density at radius 3 is 2.39 bits per heavy atom. The molecule has 4 fully saturated rings. The van der Waals surface area contributed by atoms with Gasteiger partial charge in [0.2, 0.25) is 5.79 Å². The summed E-state index contributed by atoms with van der Waals surface area (Å²) < 4.78 is 0. The van der Waals surface area contributed by atoms with E-state index in [0.29, 0.717) is 30.8 Å². The van der Waals surface area contributed by atoms with Gasteiger partial charge >= 0.3 is 0 Å². The van der Waals surface area contributed by atoms with Crippen molar-refractivity contribution in [3.8, 4) is 0 Å². The van der Waals surface area contributed by atoms with Crippen LogP contribution >= 0.6 is 0 Å². The van der Waals surface area contributed by atoms with Crippen molar-refractivity contribution in [2.24, 2.45) is 34.5 Å². The summed E-state index contributed by atoms with van der Waals surface area (Å²) in [5, 5.41) is 0. The Hall–Kier alpha value is -0.750. The highest BCUT2D eigenvalue weighted by atomic mass is 17.3. The second-order valence-electron chi connectivity index (χ2n) is 10.5. The molecule has 5 aliphatic rings. The summed E-state index contributed by atoms with van der Waals surface area (Å²) in [4.78, 5) is 34.2. The summed E-state index contributed by atoms with van der Waals surface area (Å²) in [5.41, 5.74) is 1.84. The number of hydrogen-bond acceptors (Lipinski definition) is 5. The van der Waals surface area contributed by atoms with E-state index in [4.69, 9.17) is 19.6 Å². The first kappa shape index (κ1) is 19.2. The normalized spacial score (nSPS) is 48.1. The van der Waals surface area contributed by atoms with Crippen molar-refractivity contribution in [3.63, 3.8) is 0 Å². The van der Waals surface area contributed by atoms with Gasteiger partial charge in [-0.2, -0.15) is 9.78 Å². The molecule has 0 N–H and O–H groups in total. The van der Waals surface area contributed by atoms with E-state index in [2.05, 4.69) is 13.8 Å². The maximum absolute atomic E-state index is 12.0. The lowest BCUT2D eigenvalue weighted by Crippen LogP contribution is -2.54. The molecule has 0 aromatic heterocycles. The Balaban J connectivity index is 1.43. The average Bonchev–Trinajstić information content (AvgIpc) is 2.88. The van der Waals surface area contributed by atoms with Crippen molar-refractivity contribution in [1.29, 1.82) is 0 Å². The molecular formula is C23H34O5. The first-order valence-corrected chi connectivity index (χ1v) is 11.2. The van der Waals surface area contributed by atoms with Crippen LogP contribution in [0.4, 0.5) is 0 Å². The van der Waals surface area contributed by atoms with Crippen LogP contribution in [-0.2, 0) is 24.3 Å². The van der Waals surface area contributed by atoms with Crippen LogP contribution in [0.3, 0.4) is 0 Å². The van der Waals surface area contributed by atoms with Gasteiger partial charge in [-0.3, -0.25) is 4.79 Å². The molecule has 5 heteroatoms. The van der Waals surface area contributed by atoms with Crippen molar-refractivity contribution >= 4 is 5.78 Å². The van der Waals surface area contributed by atoms with E-state index in [0.717, 1.165) is 31.6 Å². The molecule has 0 spiro atoms. The number of carbonyl (C=O) groups is 1. The molecule has 0 radical (unpaired) electrons. The fourth-order valence-electron chi connectivity index (χ4n) is 7.94. The molecule has 1 aliphatic heterocycles. The van der Waals surface area contributed by atoms with E-state index < -0.39 is 5.79 Å². The van der Waals surface area contributed by atoms with E-state index in [1.54, 1.807) is 0 Å². The molecule has 5 rings (SSSR count). The summed E-state index contributed by atoms with van der Waals surface area (Å²) in [5.74, 6) is 1.88. The van der Waals surface area contributed by atoms with Gasteiger partial charge in [0.1, 0.15) is 13.2 Å². The van der Waals surface area contributed by atoms with Gasteiger partial charge in [0, 0.05) is 12.3 Å². The second kappa shape index (κ2) is 6.63. The largest absolute Gasteiger partial charge is 0.295 e. The number of allylic oxidation sites excluding steroid dienone is 1. The molecule has 5 nitrogen and oxygen atoms in total. The number of fused-ring (bicyclic) bond motifs is 5. The highest BCUT2D eigenvalue weighted by Gasteiger charge is 2.63. The molecule has 0 unspecified atom stereocenters. The van der Waals surface area contributed by atoms with Crippen LogP contribution < -0.4 is 0 Å². The lowest BCUT2D eigenvalue weighted by molar-refractivity contribution is -0.493. The van der Waals surface area contributed by atoms with Crippen molar-refractivity contribution in [3.05, 3.63) is 11.6 Å². The van der Waals surface area contributed by atoms with Crippen LogP contribution in [0.15, 0.2) is 11.6 Å². The van der Waals surface area contributed by atoms with Crippen LogP contribution in [0.1, 0.15) is 72.1 Å². The van der Waals surface area contributed by atoms with Crippen LogP contribution in [0.5, 0.6) is 0 Å². The van der Waals surface area contributed by atoms with Gasteiger partial charge in [-0.25, -0.2) is 9.78 Å². The van der Waals surface area contributed by atoms with Crippen molar-refractivity contribution in [2.75, 3.05) is 13.2 Å². The third kappa shape index (κ3) is 2.69. The zero-order chi connectivity index (χ0) is 19.6. The molecule has 1 saturated heterocycles. The van der Waals surface area contributed by atoms with Gasteiger partial charge in [0.15, 0.2) is 5.78 Å². The lowest BCUT2D eigenvalue weighted by atomic mass is 9.46. The number of ketones is 1. The van der Waals surface area contributed by atoms with Gasteiger partial charge in [0.05, 0.1) is 0 Å². The Morgan fingerprint density at radius 1 is 0.893 bits per heavy atom. The van der Waals surface area contributed by atoms with E-state index >= 15 is 0 Å². The zero-order valence-corrected chi connectivity index (χ0v) is 17.5. The molecule has 0 aromatic carbocycles. The summed E-state index contributed by atoms with van der Waals surface area (Å²) in [6.45, 7) is 7.68. The molecule has 6 atom stereocenters. The molecule has 0 aromatic rings. The maximum atomic E-state index is 12.0. The first-order valence-electron chi connectivity index (χ1n) is 11.2. The van der Waals surface area contributed by atoms with E-state index in [9.17, 15) is 4.79 Å². The van der Waals surface area contributed by atoms with Crippen molar-refractivity contribution in [1.82, 2.24) is 0 Å². The van der Waals surface area contributed by atoms with Crippen molar-refractivity contribution < 1.29 is 24.3 Å². The Bertz CT molecular complexity index is 678. The Morgan fingerprint density at radius 2 is 1.64 bits per heavy atom. The van der Waals surface area contributed by atoms with Gasteiger partial charge in [-0.1, -0.05) is 19.4 Å². The minimum atomic E-state index is -0.840. The number of rotatable bonds is 1. The minimum Gasteiger partial charge on any atom is -0.295 e. The summed E-state index contributed by atoms with van der Waals surface area (Å²) >= 11 is 0. The number of hydrogen-bond donors (Lipinski definition) is 0. The molecule has 3 saturated carbocycles. The monoisotopic (exact) mass is 390 g/mol. The third-order valence-corrected chi connectivity index (χ3v) is 9.29. The molecule has 4 aliphatic carbocycles. The second-order valence-corrected chi connectivity index (χ2v) is 10.5. The van der Waals surface area contributed by atoms with Crippen LogP contribution in [-0.4, -0.2) is 24.8 Å². The molecular weight excluding hydrogens is 356 g/mol. The molecule has 28 heavy (non-hydrogen) atoms. The molecule has 0 bridgehead atoms. The first-order chi connectivity index (χ1) is 13.4. The average molecular weight is 391 g/mol. The van der Waals surface area contributed by atoms with E-state index in [1.165, 1.54) is 31.3 Å². The SMILES string of the molecule is CC1([C@H]2CC[C@H]3[C@@H]4CCC5=CC(=O)CC[C@]5(C)[C@H]4CC[C@]23C)OOCCOO1. The quantitative estimate of drug-likeness (QED) is 0.604. The van der Waals surface area contributed by atoms with Crippen LogP contribution in [0.2, 0.25) is 0 Å². The fourth-order valence-corrected chi connectivity index (χ4v) is 7.94. The topological polar surface area (TPSA) is 54.0 Å². The van der Waals surface area contributed by atoms with Gasteiger partial charge in [0.25, 0.3) is 0 Å². The molecule has 0 amide bonds. The highest BCUT2D eigenvalue weighted by Crippen LogP contribution is 2.68. The van der Waals surface area contributed by atoms with Crippen LogP contribution in [0.25, 0.3) is 0 Å². The predicted octanol–water partition coefficient (Wildman–Crippen LogP) is 4.76. The van der Waals surface area contributed by atoms with Crippen molar-refractivity contribution in [2.45, 2.75) is 77.9 Å². The summed E-state index contributed by atoms with van der Waals surface area (Å²) in [6.07, 6.45) is 10.8. The van der Waals surface area contributed by atoms with Gasteiger partial charge in [-0.15, -0.1) is 0 Å². The Labute approximate surface area is 168 Å². The standard InChI is InChI=1S/C23H34O5/c1-21-10-8-16(24)14-15(21)4-5-17-18-6-7-20(22(18,2)11-9-19(17)21)23(3)27-25-12-13-26-28-23/h14,17-20H,4-13H2,1-3H3/t17-,18-,19-,20-,21-,22-/m0/s1. The number of carbonyl (C=O) groups excluding carboxylic acids is 1. The van der Waals surface area contributed by atoms with Gasteiger partial charge in [-0.05, 0) is 86.5 Å². The van der Waals surface area contributed by atoms with E-state index in [1.807, 2.05) is 13.0 Å². The predicted molar refractivity (Wildman–Crippen MR) is 103 cm³/mol. The molecule has 156 valence electrons. The van der Waals surface area contributed by atoms with Gasteiger partial charge < -0.3 is 0 Å². The maximum Gasteiger partial charge on any atom is 0.234 e. The highest BCUT2D eigenvalue weighted by molar-refractivity contribution is 5.91. The zero-order valence-electron chi connectivity index (χ0n) is 17.5. The summed E-state index contributed by atoms with van der Waals surface area (Å²) in [6, 6.07) is 0. The smallest absolute Gasteiger partial charge is 0.234 e. The fraction of sp³-hybridized carbons (Fsp3) is 0.870. The van der Waals surface area contributed by atoms with E-state index in [-0.39, 0.29) is 16.7 Å². The lowest BCUT2D eigenvalue weighted by Gasteiger charge is -2.58. The third-order valence-electron chi connectivity index (χ3n) is 9.29. The van der Waals surface area contributed by atoms with Crippen LogP contribution in [0, 0.1) is 34.5 Å².